The number of allylic oxidation sites excluding steroid dienone is 1. The summed E-state index contributed by atoms with van der Waals surface area (Å²) in [6, 6.07) is 5.68. The third-order valence-corrected chi connectivity index (χ3v) is 4.87. The molecule has 1 aliphatic rings. The number of benzene rings is 1. The molecular formula is C22H25N7O. The molecule has 1 aromatic carbocycles. The molecule has 0 saturated carbocycles. The molecule has 1 aliphatic heterocycles. The minimum absolute atomic E-state index is 0.501. The molecule has 2 aromatic heterocycles. The first-order chi connectivity index (χ1) is 14.7. The summed E-state index contributed by atoms with van der Waals surface area (Å²) in [4.78, 5) is 20.8. The van der Waals surface area contributed by atoms with Gasteiger partial charge in [0.05, 0.1) is 12.3 Å². The van der Waals surface area contributed by atoms with Crippen LogP contribution in [0.2, 0.25) is 0 Å². The van der Waals surface area contributed by atoms with Gasteiger partial charge in [0, 0.05) is 42.7 Å². The molecule has 8 heteroatoms. The zero-order valence-electron chi connectivity index (χ0n) is 17.0. The molecule has 30 heavy (non-hydrogen) atoms. The van der Waals surface area contributed by atoms with E-state index >= 15 is 0 Å². The van der Waals surface area contributed by atoms with E-state index in [4.69, 9.17) is 25.4 Å². The van der Waals surface area contributed by atoms with Gasteiger partial charge in [0.25, 0.3) is 0 Å². The van der Waals surface area contributed by atoms with E-state index in [0.29, 0.717) is 30.0 Å². The van der Waals surface area contributed by atoms with E-state index in [1.165, 1.54) is 0 Å². The highest BCUT2D eigenvalue weighted by atomic mass is 16.5. The molecule has 3 heterocycles. The molecule has 0 amide bonds. The first-order valence-corrected chi connectivity index (χ1v) is 9.96. The van der Waals surface area contributed by atoms with Gasteiger partial charge in [0.2, 0.25) is 11.9 Å². The molecule has 1 saturated heterocycles. The van der Waals surface area contributed by atoms with Crippen LogP contribution >= 0.6 is 0 Å². The lowest BCUT2D eigenvalue weighted by Gasteiger charge is -2.20. The van der Waals surface area contributed by atoms with Crippen molar-refractivity contribution in [1.29, 1.82) is 0 Å². The average Bonchev–Trinajstić information content (AvgIpc) is 3.06. The van der Waals surface area contributed by atoms with Gasteiger partial charge in [0.15, 0.2) is 5.82 Å². The van der Waals surface area contributed by atoms with Crippen LogP contribution in [0, 0.1) is 0 Å². The van der Waals surface area contributed by atoms with Crippen LogP contribution in [0.4, 0.5) is 11.6 Å². The molecule has 0 unspecified atom stereocenters. The van der Waals surface area contributed by atoms with Gasteiger partial charge >= 0.3 is 0 Å². The van der Waals surface area contributed by atoms with Gasteiger partial charge in [-0.2, -0.15) is 15.0 Å². The number of nitrogen functional groups attached to an aromatic ring is 1. The topological polar surface area (TPSA) is 95.0 Å². The molecule has 4 rings (SSSR count). The number of nitrogens with zero attached hydrogens (tertiary/aromatic N) is 6. The fourth-order valence-corrected chi connectivity index (χ4v) is 3.39. The number of hydrogen-bond acceptors (Lipinski definition) is 7. The molecule has 0 atom stereocenters. The van der Waals surface area contributed by atoms with Gasteiger partial charge in [-0.05, 0) is 25.5 Å². The van der Waals surface area contributed by atoms with Gasteiger partial charge in [-0.1, -0.05) is 30.9 Å². The van der Waals surface area contributed by atoms with Crippen LogP contribution in [0.25, 0.3) is 29.5 Å². The third kappa shape index (κ3) is 4.08. The van der Waals surface area contributed by atoms with Crippen molar-refractivity contribution in [3.63, 3.8) is 0 Å². The standard InChI is InChI=1S/C22H25N7O/c1-3-7-16-14-29(15-24-16)22-26-20(18-8-5-9-19(23)17(18)4-2)25-21(27-22)28-10-6-12-30-13-11-28/h3-5,7-9,14-15H,2,6,10-13,23H2,1H3/b7-3-. The lowest BCUT2D eigenvalue weighted by Crippen LogP contribution is -2.28. The predicted octanol–water partition coefficient (Wildman–Crippen LogP) is 3.21. The predicted molar refractivity (Wildman–Crippen MR) is 119 cm³/mol. The summed E-state index contributed by atoms with van der Waals surface area (Å²) in [5.74, 6) is 1.66. The molecule has 0 bridgehead atoms. The largest absolute Gasteiger partial charge is 0.398 e. The highest BCUT2D eigenvalue weighted by molar-refractivity contribution is 5.79. The Balaban J connectivity index is 1.85. The van der Waals surface area contributed by atoms with Crippen LogP contribution in [0.1, 0.15) is 24.6 Å². The Morgan fingerprint density at radius 1 is 1.13 bits per heavy atom. The molecule has 8 nitrogen and oxygen atoms in total. The second-order valence-electron chi connectivity index (χ2n) is 6.93. The maximum Gasteiger partial charge on any atom is 0.240 e. The average molecular weight is 403 g/mol. The SMILES string of the molecule is C=Cc1c(N)cccc1-c1nc(N2CCCOCC2)nc(-n2cnc(/C=C\C)c2)n1. The van der Waals surface area contributed by atoms with Crippen molar-refractivity contribution in [2.75, 3.05) is 36.9 Å². The summed E-state index contributed by atoms with van der Waals surface area (Å²) in [5.41, 5.74) is 9.25. The Hall–Kier alpha value is -3.52. The summed E-state index contributed by atoms with van der Waals surface area (Å²) in [5, 5.41) is 0. The van der Waals surface area contributed by atoms with Crippen molar-refractivity contribution >= 4 is 23.8 Å². The number of rotatable bonds is 5. The summed E-state index contributed by atoms with van der Waals surface area (Å²) >= 11 is 0. The zero-order chi connectivity index (χ0) is 20.9. The van der Waals surface area contributed by atoms with E-state index in [1.807, 2.05) is 43.5 Å². The van der Waals surface area contributed by atoms with Crippen LogP contribution in [0.15, 0.2) is 43.4 Å². The van der Waals surface area contributed by atoms with Crippen LogP contribution in [-0.2, 0) is 4.74 Å². The van der Waals surface area contributed by atoms with Gasteiger partial charge in [-0.25, -0.2) is 4.98 Å². The minimum Gasteiger partial charge on any atom is -0.398 e. The van der Waals surface area contributed by atoms with Crippen LogP contribution < -0.4 is 10.6 Å². The van der Waals surface area contributed by atoms with E-state index in [-0.39, 0.29) is 0 Å². The van der Waals surface area contributed by atoms with Crippen LogP contribution in [-0.4, -0.2) is 50.8 Å². The summed E-state index contributed by atoms with van der Waals surface area (Å²) in [6.07, 6.45) is 10.1. The van der Waals surface area contributed by atoms with Gasteiger partial charge in [0.1, 0.15) is 6.33 Å². The molecule has 1 fully saturated rings. The second-order valence-corrected chi connectivity index (χ2v) is 6.93. The first kappa shape index (κ1) is 19.8. The Labute approximate surface area is 175 Å². The number of anilines is 2. The Kier molecular flexibility index (Phi) is 5.85. The van der Waals surface area contributed by atoms with Crippen molar-refractivity contribution < 1.29 is 4.74 Å². The van der Waals surface area contributed by atoms with E-state index in [1.54, 1.807) is 17.0 Å². The number of imidazole rings is 1. The fourth-order valence-electron chi connectivity index (χ4n) is 3.39. The van der Waals surface area contributed by atoms with Gasteiger partial charge < -0.3 is 15.4 Å². The Bertz CT molecular complexity index is 1070. The maximum absolute atomic E-state index is 6.16. The maximum atomic E-state index is 6.16. The van der Waals surface area contributed by atoms with Crippen molar-refractivity contribution in [3.8, 4) is 17.3 Å². The lowest BCUT2D eigenvalue weighted by atomic mass is 10.0. The number of aromatic nitrogens is 5. The molecule has 154 valence electrons. The number of hydrogen-bond donors (Lipinski definition) is 1. The highest BCUT2D eigenvalue weighted by Crippen LogP contribution is 2.28. The van der Waals surface area contributed by atoms with Crippen LogP contribution in [0.5, 0.6) is 0 Å². The monoisotopic (exact) mass is 403 g/mol. The summed E-state index contributed by atoms with van der Waals surface area (Å²) < 4.78 is 7.40. The molecule has 0 aliphatic carbocycles. The highest BCUT2D eigenvalue weighted by Gasteiger charge is 2.19. The first-order valence-electron chi connectivity index (χ1n) is 9.96. The smallest absolute Gasteiger partial charge is 0.240 e. The number of ether oxygens (including phenoxy) is 1. The van der Waals surface area contributed by atoms with Crippen molar-refractivity contribution in [2.45, 2.75) is 13.3 Å². The van der Waals surface area contributed by atoms with Crippen LogP contribution in [0.3, 0.4) is 0 Å². The van der Waals surface area contributed by atoms with Crippen molar-refractivity contribution in [2.24, 2.45) is 0 Å². The molecule has 2 N–H and O–H groups in total. The van der Waals surface area contributed by atoms with E-state index in [0.717, 1.165) is 42.9 Å². The van der Waals surface area contributed by atoms with E-state index in [2.05, 4.69) is 16.5 Å². The quantitative estimate of drug-likeness (QED) is 0.654. The summed E-state index contributed by atoms with van der Waals surface area (Å²) in [7, 11) is 0. The molecule has 3 aromatic rings. The van der Waals surface area contributed by atoms with E-state index < -0.39 is 0 Å². The van der Waals surface area contributed by atoms with E-state index in [9.17, 15) is 0 Å². The van der Waals surface area contributed by atoms with Gasteiger partial charge in [-0.15, -0.1) is 0 Å². The lowest BCUT2D eigenvalue weighted by molar-refractivity contribution is 0.152. The minimum atomic E-state index is 0.501. The van der Waals surface area contributed by atoms with Crippen molar-refractivity contribution in [3.05, 3.63) is 54.6 Å². The Morgan fingerprint density at radius 2 is 2.00 bits per heavy atom. The summed E-state index contributed by atoms with van der Waals surface area (Å²) in [6.45, 7) is 8.79. The van der Waals surface area contributed by atoms with Gasteiger partial charge in [-0.3, -0.25) is 4.57 Å². The fraction of sp³-hybridized carbons (Fsp3) is 0.273. The number of nitrogens with two attached hydrogens (primary N) is 1. The second kappa shape index (κ2) is 8.87. The molecule has 0 spiro atoms. The molecule has 0 radical (unpaired) electrons. The normalized spacial score (nSPS) is 14.8. The van der Waals surface area contributed by atoms with Crippen molar-refractivity contribution in [1.82, 2.24) is 24.5 Å². The Morgan fingerprint density at radius 3 is 2.83 bits per heavy atom. The zero-order valence-corrected chi connectivity index (χ0v) is 17.0. The third-order valence-electron chi connectivity index (χ3n) is 4.87. The molecular weight excluding hydrogens is 378 g/mol.